The van der Waals surface area contributed by atoms with Gasteiger partial charge in [-0.15, -0.1) is 0 Å². The van der Waals surface area contributed by atoms with Gasteiger partial charge in [0.25, 0.3) is 0 Å². The van der Waals surface area contributed by atoms with Crippen LogP contribution >= 0.6 is 23.2 Å². The Bertz CT molecular complexity index is 1750. The van der Waals surface area contributed by atoms with Gasteiger partial charge in [-0.25, -0.2) is 4.98 Å². The van der Waals surface area contributed by atoms with E-state index >= 15 is 0 Å². The quantitative estimate of drug-likeness (QED) is 0.141. The minimum Gasteiger partial charge on any atom is -0.496 e. The Morgan fingerprint density at radius 3 is 2.50 bits per heavy atom. The fraction of sp³-hybridized carbons (Fsp3) is 0.294. The van der Waals surface area contributed by atoms with Crippen LogP contribution in [-0.4, -0.2) is 59.8 Å². The predicted molar refractivity (Wildman–Crippen MR) is 178 cm³/mol. The van der Waals surface area contributed by atoms with E-state index in [1.165, 1.54) is 0 Å². The molecule has 4 N–H and O–H groups in total. The molecule has 1 aliphatic heterocycles. The number of nitrogens with one attached hydrogen (secondary N) is 3. The molecule has 1 fully saturated rings. The minimum absolute atomic E-state index is 0.0897. The van der Waals surface area contributed by atoms with Crippen LogP contribution < -0.4 is 25.4 Å². The first-order valence-corrected chi connectivity index (χ1v) is 15.6. The number of carbonyl (C=O) groups excluding carboxylic acids is 1. The molecule has 1 saturated heterocycles. The SMILES string of the molecule is COc1cc(-c2nccc(-c3cccc(-c4ccc(CNC[C@H]5CCC(=O)N5)c(OC)n4)c3Cl)c2Cl)ccc1CNC(C)C(=O)O. The van der Waals surface area contributed by atoms with E-state index in [4.69, 9.17) is 37.7 Å². The first-order chi connectivity index (χ1) is 22.2. The van der Waals surface area contributed by atoms with Gasteiger partial charge < -0.3 is 30.5 Å². The van der Waals surface area contributed by atoms with Crippen LogP contribution in [0.15, 0.2) is 60.8 Å². The molecule has 0 bridgehead atoms. The van der Waals surface area contributed by atoms with E-state index in [2.05, 4.69) is 20.9 Å². The number of methoxy groups -OCH3 is 2. The van der Waals surface area contributed by atoms with Gasteiger partial charge in [0.05, 0.1) is 35.7 Å². The molecule has 3 heterocycles. The van der Waals surface area contributed by atoms with Crippen molar-refractivity contribution in [3.8, 4) is 45.3 Å². The number of benzene rings is 2. The van der Waals surface area contributed by atoms with Crippen molar-refractivity contribution in [1.82, 2.24) is 25.9 Å². The number of aromatic nitrogens is 2. The predicted octanol–water partition coefficient (Wildman–Crippen LogP) is 5.73. The van der Waals surface area contributed by atoms with Crippen LogP contribution in [0, 0.1) is 0 Å². The summed E-state index contributed by atoms with van der Waals surface area (Å²) in [6.07, 6.45) is 3.07. The van der Waals surface area contributed by atoms with Gasteiger partial charge in [0.1, 0.15) is 11.8 Å². The van der Waals surface area contributed by atoms with Crippen molar-refractivity contribution in [2.45, 2.75) is 44.9 Å². The molecule has 12 heteroatoms. The van der Waals surface area contributed by atoms with Gasteiger partial charge >= 0.3 is 5.97 Å². The standard InChI is InChI=1S/C34H35Cl2N5O5/c1-19(34(43)44)39-17-21-8-7-20(15-28(21)45-2)32-31(36)25(13-14-38-32)24-5-4-6-26(30(24)35)27-11-9-22(33(41-27)46-3)16-37-18-23-10-12-29(42)40-23/h4-9,11,13-15,19,23,37,39H,10,12,16-18H2,1-3H3,(H,40,42)(H,43,44)/t19?,23-/m1/s1. The van der Waals surface area contributed by atoms with E-state index in [1.807, 2.05) is 54.6 Å². The fourth-order valence-corrected chi connectivity index (χ4v) is 5.97. The van der Waals surface area contributed by atoms with Crippen molar-refractivity contribution >= 4 is 35.1 Å². The van der Waals surface area contributed by atoms with Gasteiger partial charge in [0.2, 0.25) is 11.8 Å². The second kappa shape index (κ2) is 14.9. The highest BCUT2D eigenvalue weighted by Crippen LogP contribution is 2.42. The third-order valence-electron chi connectivity index (χ3n) is 7.91. The van der Waals surface area contributed by atoms with E-state index in [1.54, 1.807) is 27.3 Å². The maximum atomic E-state index is 11.5. The molecule has 240 valence electrons. The summed E-state index contributed by atoms with van der Waals surface area (Å²) in [7, 11) is 3.14. The van der Waals surface area contributed by atoms with Crippen LogP contribution in [0.5, 0.6) is 11.6 Å². The molecule has 0 radical (unpaired) electrons. The molecule has 4 aromatic rings. The summed E-state index contributed by atoms with van der Waals surface area (Å²) in [6, 6.07) is 16.3. The molecule has 5 rings (SSSR count). The highest BCUT2D eigenvalue weighted by Gasteiger charge is 2.21. The van der Waals surface area contributed by atoms with E-state index in [0.29, 0.717) is 75.8 Å². The van der Waals surface area contributed by atoms with Gasteiger partial charge in [0.15, 0.2) is 0 Å². The van der Waals surface area contributed by atoms with Crippen LogP contribution in [0.2, 0.25) is 10.0 Å². The normalized spacial score (nSPS) is 15.0. The maximum absolute atomic E-state index is 11.5. The molecule has 2 aromatic heterocycles. The molecular formula is C34H35Cl2N5O5. The van der Waals surface area contributed by atoms with Gasteiger partial charge in [-0.3, -0.25) is 14.6 Å². The van der Waals surface area contributed by atoms with Crippen LogP contribution in [0.1, 0.15) is 30.9 Å². The molecule has 0 aliphatic carbocycles. The Balaban J connectivity index is 1.39. The molecule has 2 aromatic carbocycles. The van der Waals surface area contributed by atoms with E-state index in [-0.39, 0.29) is 11.9 Å². The summed E-state index contributed by atoms with van der Waals surface area (Å²) in [5, 5.41) is 19.4. The molecule has 0 spiro atoms. The first kappa shape index (κ1) is 33.2. The van der Waals surface area contributed by atoms with Gasteiger partial charge in [-0.2, -0.15) is 0 Å². The van der Waals surface area contributed by atoms with E-state index in [9.17, 15) is 14.7 Å². The lowest BCUT2D eigenvalue weighted by atomic mass is 9.99. The highest BCUT2D eigenvalue weighted by atomic mass is 35.5. The Labute approximate surface area is 277 Å². The number of halogens is 2. The fourth-order valence-electron chi connectivity index (χ4n) is 5.32. The van der Waals surface area contributed by atoms with E-state index in [0.717, 1.165) is 23.1 Å². The zero-order chi connectivity index (χ0) is 32.8. The number of hydrogen-bond donors (Lipinski definition) is 4. The van der Waals surface area contributed by atoms with E-state index < -0.39 is 12.0 Å². The summed E-state index contributed by atoms with van der Waals surface area (Å²) < 4.78 is 11.2. The number of carboxylic acid groups (broad SMARTS) is 1. The largest absolute Gasteiger partial charge is 0.496 e. The lowest BCUT2D eigenvalue weighted by molar-refractivity contribution is -0.139. The van der Waals surface area contributed by atoms with Crippen molar-refractivity contribution in [2.24, 2.45) is 0 Å². The average molecular weight is 665 g/mol. The molecule has 1 unspecified atom stereocenters. The van der Waals surface area contributed by atoms with Crippen LogP contribution in [0.25, 0.3) is 33.6 Å². The summed E-state index contributed by atoms with van der Waals surface area (Å²) in [5.74, 6) is 0.219. The number of aliphatic carboxylic acids is 1. The average Bonchev–Trinajstić information content (AvgIpc) is 3.48. The second-order valence-corrected chi connectivity index (χ2v) is 11.7. The zero-order valence-electron chi connectivity index (χ0n) is 25.7. The van der Waals surface area contributed by atoms with Gasteiger partial charge in [0, 0.05) is 71.7 Å². The molecule has 10 nitrogen and oxygen atoms in total. The summed E-state index contributed by atoms with van der Waals surface area (Å²) in [5.41, 5.74) is 5.75. The highest BCUT2D eigenvalue weighted by molar-refractivity contribution is 6.39. The van der Waals surface area contributed by atoms with Gasteiger partial charge in [-0.1, -0.05) is 59.6 Å². The van der Waals surface area contributed by atoms with Crippen molar-refractivity contribution < 1.29 is 24.2 Å². The molecule has 2 atom stereocenters. The first-order valence-electron chi connectivity index (χ1n) is 14.8. The maximum Gasteiger partial charge on any atom is 0.320 e. The lowest BCUT2D eigenvalue weighted by Gasteiger charge is -2.16. The Morgan fingerprint density at radius 1 is 1.02 bits per heavy atom. The molecule has 0 saturated carbocycles. The summed E-state index contributed by atoms with van der Waals surface area (Å²) >= 11 is 14.0. The summed E-state index contributed by atoms with van der Waals surface area (Å²) in [4.78, 5) is 32.0. The smallest absolute Gasteiger partial charge is 0.320 e. The van der Waals surface area contributed by atoms with Crippen LogP contribution in [0.4, 0.5) is 0 Å². The van der Waals surface area contributed by atoms with Crippen molar-refractivity contribution in [3.63, 3.8) is 0 Å². The van der Waals surface area contributed by atoms with Crippen molar-refractivity contribution in [3.05, 3.63) is 82.0 Å². The molecule has 1 aliphatic rings. The second-order valence-electron chi connectivity index (χ2n) is 11.0. The van der Waals surface area contributed by atoms with Crippen molar-refractivity contribution in [1.29, 1.82) is 0 Å². The minimum atomic E-state index is -0.932. The third-order valence-corrected chi connectivity index (χ3v) is 8.70. The Morgan fingerprint density at radius 2 is 1.78 bits per heavy atom. The summed E-state index contributed by atoms with van der Waals surface area (Å²) in [6.45, 7) is 3.10. The topological polar surface area (TPSA) is 135 Å². The lowest BCUT2D eigenvalue weighted by Crippen LogP contribution is -2.35. The number of ether oxygens (including phenoxy) is 2. The third kappa shape index (κ3) is 7.42. The zero-order valence-corrected chi connectivity index (χ0v) is 27.2. The van der Waals surface area contributed by atoms with Crippen LogP contribution in [-0.2, 0) is 22.7 Å². The molecule has 46 heavy (non-hydrogen) atoms. The Kier molecular flexibility index (Phi) is 10.7. The number of nitrogens with zero attached hydrogens (tertiary/aromatic N) is 2. The monoisotopic (exact) mass is 663 g/mol. The van der Waals surface area contributed by atoms with Crippen LogP contribution in [0.3, 0.4) is 0 Å². The van der Waals surface area contributed by atoms with Gasteiger partial charge in [-0.05, 0) is 31.5 Å². The number of amides is 1. The number of rotatable bonds is 13. The number of carboxylic acids is 1. The number of carbonyl (C=O) groups is 2. The molecule has 1 amide bonds. The number of pyridine rings is 2. The Hall–Kier alpha value is -4.22. The van der Waals surface area contributed by atoms with Crippen molar-refractivity contribution in [2.75, 3.05) is 20.8 Å². The molecular weight excluding hydrogens is 629 g/mol. The number of hydrogen-bond acceptors (Lipinski definition) is 8.